The minimum Gasteiger partial charge on any atom is -0.483 e. The Labute approximate surface area is 137 Å². The Balaban J connectivity index is 1.74. The molecule has 0 saturated carbocycles. The molecule has 1 amide bonds. The summed E-state index contributed by atoms with van der Waals surface area (Å²) in [5.74, 6) is 0.655. The minimum absolute atomic E-state index is 0.0230. The van der Waals surface area contributed by atoms with E-state index in [4.69, 9.17) is 9.84 Å². The third-order valence-corrected chi connectivity index (χ3v) is 3.70. The van der Waals surface area contributed by atoms with Crippen LogP contribution in [0.2, 0.25) is 0 Å². The summed E-state index contributed by atoms with van der Waals surface area (Å²) in [5, 5.41) is 11.9. The molecule has 0 radical (unpaired) electrons. The van der Waals surface area contributed by atoms with Crippen LogP contribution in [0.1, 0.15) is 22.3 Å². The van der Waals surface area contributed by atoms with Crippen LogP contribution in [0.15, 0.2) is 42.5 Å². The highest BCUT2D eigenvalue weighted by Gasteiger charge is 2.07. The number of hydrogen-bond acceptors (Lipinski definition) is 3. The van der Waals surface area contributed by atoms with E-state index in [9.17, 15) is 4.79 Å². The molecule has 0 aliphatic rings. The van der Waals surface area contributed by atoms with Gasteiger partial charge in [-0.25, -0.2) is 0 Å². The standard InChI is InChI=1S/C19H23NO3/c1-14-4-3-5-15(2)19(14)23-13-18(22)20-11-10-16-6-8-17(12-21)9-7-16/h3-9,21H,10-13H2,1-2H3,(H,20,22). The van der Waals surface area contributed by atoms with Gasteiger partial charge in [0, 0.05) is 6.54 Å². The number of hydrogen-bond donors (Lipinski definition) is 2. The van der Waals surface area contributed by atoms with Crippen molar-refractivity contribution in [2.75, 3.05) is 13.2 Å². The van der Waals surface area contributed by atoms with E-state index in [1.807, 2.05) is 56.3 Å². The second kappa shape index (κ2) is 8.34. The molecule has 0 aliphatic heterocycles. The molecule has 0 spiro atoms. The third-order valence-electron chi connectivity index (χ3n) is 3.70. The first-order chi connectivity index (χ1) is 11.1. The summed E-state index contributed by atoms with van der Waals surface area (Å²) in [4.78, 5) is 11.9. The van der Waals surface area contributed by atoms with Gasteiger partial charge < -0.3 is 15.2 Å². The third kappa shape index (κ3) is 5.11. The number of ether oxygens (including phenoxy) is 1. The Morgan fingerprint density at radius 1 is 1.04 bits per heavy atom. The molecular weight excluding hydrogens is 290 g/mol. The minimum atomic E-state index is -0.125. The lowest BCUT2D eigenvalue weighted by Gasteiger charge is -2.12. The highest BCUT2D eigenvalue weighted by Crippen LogP contribution is 2.21. The van der Waals surface area contributed by atoms with Crippen molar-refractivity contribution in [1.82, 2.24) is 5.32 Å². The molecule has 23 heavy (non-hydrogen) atoms. The van der Waals surface area contributed by atoms with Gasteiger partial charge >= 0.3 is 0 Å². The van der Waals surface area contributed by atoms with Gasteiger partial charge in [0.2, 0.25) is 0 Å². The zero-order valence-electron chi connectivity index (χ0n) is 13.6. The fraction of sp³-hybridized carbons (Fsp3) is 0.316. The average molecular weight is 313 g/mol. The quantitative estimate of drug-likeness (QED) is 0.826. The first-order valence-corrected chi connectivity index (χ1v) is 7.74. The number of rotatable bonds is 7. The lowest BCUT2D eigenvalue weighted by molar-refractivity contribution is -0.123. The van der Waals surface area contributed by atoms with Crippen LogP contribution < -0.4 is 10.1 Å². The van der Waals surface area contributed by atoms with E-state index in [-0.39, 0.29) is 19.1 Å². The number of aryl methyl sites for hydroxylation is 2. The second-order valence-corrected chi connectivity index (χ2v) is 5.58. The van der Waals surface area contributed by atoms with Gasteiger partial charge in [-0.2, -0.15) is 0 Å². The van der Waals surface area contributed by atoms with Crippen LogP contribution in [0, 0.1) is 13.8 Å². The summed E-state index contributed by atoms with van der Waals surface area (Å²) in [7, 11) is 0. The maximum Gasteiger partial charge on any atom is 0.257 e. The van der Waals surface area contributed by atoms with Gasteiger partial charge in [-0.15, -0.1) is 0 Å². The Morgan fingerprint density at radius 3 is 2.26 bits per heavy atom. The fourth-order valence-electron chi connectivity index (χ4n) is 2.37. The Morgan fingerprint density at radius 2 is 1.65 bits per heavy atom. The molecular formula is C19H23NO3. The van der Waals surface area contributed by atoms with Crippen LogP contribution in [0.25, 0.3) is 0 Å². The number of amides is 1. The van der Waals surface area contributed by atoms with Crippen molar-refractivity contribution in [3.05, 3.63) is 64.7 Å². The number of para-hydroxylation sites is 1. The van der Waals surface area contributed by atoms with Gasteiger partial charge in [-0.05, 0) is 42.5 Å². The van der Waals surface area contributed by atoms with Gasteiger partial charge in [-0.1, -0.05) is 42.5 Å². The largest absolute Gasteiger partial charge is 0.483 e. The highest BCUT2D eigenvalue weighted by atomic mass is 16.5. The zero-order valence-corrected chi connectivity index (χ0v) is 13.6. The highest BCUT2D eigenvalue weighted by molar-refractivity contribution is 5.77. The van der Waals surface area contributed by atoms with Crippen molar-refractivity contribution in [2.45, 2.75) is 26.9 Å². The van der Waals surface area contributed by atoms with Gasteiger partial charge in [0.15, 0.2) is 6.61 Å². The van der Waals surface area contributed by atoms with Gasteiger partial charge in [0.05, 0.1) is 6.61 Å². The molecule has 0 unspecified atom stereocenters. The molecule has 0 atom stereocenters. The molecule has 2 N–H and O–H groups in total. The van der Waals surface area contributed by atoms with Crippen molar-refractivity contribution in [3.63, 3.8) is 0 Å². The molecule has 2 aromatic rings. The van der Waals surface area contributed by atoms with Crippen molar-refractivity contribution >= 4 is 5.91 Å². The number of carbonyl (C=O) groups excluding carboxylic acids is 1. The number of benzene rings is 2. The number of aliphatic hydroxyl groups is 1. The summed E-state index contributed by atoms with van der Waals surface area (Å²) >= 11 is 0. The van der Waals surface area contributed by atoms with Crippen molar-refractivity contribution in [2.24, 2.45) is 0 Å². The van der Waals surface area contributed by atoms with E-state index < -0.39 is 0 Å². The first-order valence-electron chi connectivity index (χ1n) is 7.74. The molecule has 0 aromatic heterocycles. The summed E-state index contributed by atoms with van der Waals surface area (Å²) in [6.45, 7) is 4.57. The summed E-state index contributed by atoms with van der Waals surface area (Å²) < 4.78 is 5.62. The molecule has 0 fully saturated rings. The van der Waals surface area contributed by atoms with Gasteiger partial charge in [0.1, 0.15) is 5.75 Å². The summed E-state index contributed by atoms with van der Waals surface area (Å²) in [6.07, 6.45) is 0.751. The van der Waals surface area contributed by atoms with Crippen LogP contribution in [0.4, 0.5) is 0 Å². The number of nitrogens with one attached hydrogen (secondary N) is 1. The molecule has 0 heterocycles. The van der Waals surface area contributed by atoms with Crippen LogP contribution in [0.5, 0.6) is 5.75 Å². The number of aliphatic hydroxyl groups excluding tert-OH is 1. The Kier molecular flexibility index (Phi) is 6.18. The average Bonchev–Trinajstić information content (AvgIpc) is 2.55. The molecule has 0 saturated heterocycles. The molecule has 2 aromatic carbocycles. The summed E-state index contributed by atoms with van der Waals surface area (Å²) in [6, 6.07) is 13.6. The van der Waals surface area contributed by atoms with E-state index in [0.717, 1.165) is 34.4 Å². The van der Waals surface area contributed by atoms with E-state index in [0.29, 0.717) is 6.54 Å². The molecule has 2 rings (SSSR count). The monoisotopic (exact) mass is 313 g/mol. The van der Waals surface area contributed by atoms with Crippen molar-refractivity contribution in [3.8, 4) is 5.75 Å². The Bertz CT molecular complexity index is 630. The lowest BCUT2D eigenvalue weighted by Crippen LogP contribution is -2.30. The van der Waals surface area contributed by atoms with E-state index in [1.165, 1.54) is 0 Å². The van der Waals surface area contributed by atoms with E-state index in [1.54, 1.807) is 0 Å². The summed E-state index contributed by atoms with van der Waals surface area (Å²) in [5.41, 5.74) is 4.07. The number of carbonyl (C=O) groups is 1. The maximum atomic E-state index is 11.9. The second-order valence-electron chi connectivity index (χ2n) is 5.58. The zero-order chi connectivity index (χ0) is 16.7. The topological polar surface area (TPSA) is 58.6 Å². The normalized spacial score (nSPS) is 10.4. The smallest absolute Gasteiger partial charge is 0.257 e. The fourth-order valence-corrected chi connectivity index (χ4v) is 2.37. The van der Waals surface area contributed by atoms with Gasteiger partial charge in [0.25, 0.3) is 5.91 Å². The molecule has 0 aliphatic carbocycles. The van der Waals surface area contributed by atoms with Crippen LogP contribution in [-0.2, 0) is 17.8 Å². The Hall–Kier alpha value is -2.33. The lowest BCUT2D eigenvalue weighted by atomic mass is 10.1. The van der Waals surface area contributed by atoms with Crippen molar-refractivity contribution < 1.29 is 14.6 Å². The SMILES string of the molecule is Cc1cccc(C)c1OCC(=O)NCCc1ccc(CO)cc1. The predicted molar refractivity (Wildman–Crippen MR) is 90.5 cm³/mol. The molecule has 4 nitrogen and oxygen atoms in total. The van der Waals surface area contributed by atoms with Crippen LogP contribution in [-0.4, -0.2) is 24.2 Å². The van der Waals surface area contributed by atoms with Gasteiger partial charge in [-0.3, -0.25) is 4.79 Å². The molecule has 0 bridgehead atoms. The van der Waals surface area contributed by atoms with Crippen molar-refractivity contribution in [1.29, 1.82) is 0 Å². The maximum absolute atomic E-state index is 11.9. The van der Waals surface area contributed by atoms with Crippen LogP contribution in [0.3, 0.4) is 0 Å². The predicted octanol–water partition coefficient (Wildman–Crippen LogP) is 2.53. The molecule has 122 valence electrons. The van der Waals surface area contributed by atoms with E-state index in [2.05, 4.69) is 5.32 Å². The van der Waals surface area contributed by atoms with Crippen LogP contribution >= 0.6 is 0 Å². The van der Waals surface area contributed by atoms with E-state index >= 15 is 0 Å². The first kappa shape index (κ1) is 17.0. The molecule has 4 heteroatoms.